The Morgan fingerprint density at radius 2 is 1.84 bits per heavy atom. The van der Waals surface area contributed by atoms with Gasteiger partial charge in [0.05, 0.1) is 19.4 Å². The zero-order valence-corrected chi connectivity index (χ0v) is 13.7. The Kier molecular flexibility index (Phi) is 8.24. The van der Waals surface area contributed by atoms with Gasteiger partial charge in [0.25, 0.3) is 0 Å². The highest BCUT2D eigenvalue weighted by atomic mass is 31.2. The van der Waals surface area contributed by atoms with E-state index < -0.39 is 7.60 Å². The molecule has 0 bridgehead atoms. The summed E-state index contributed by atoms with van der Waals surface area (Å²) in [5, 5.41) is 0. The van der Waals surface area contributed by atoms with Crippen molar-refractivity contribution in [3.63, 3.8) is 0 Å². The predicted octanol–water partition coefficient (Wildman–Crippen LogP) is 3.91. The average molecular weight is 291 g/mol. The van der Waals surface area contributed by atoms with E-state index in [9.17, 15) is 4.57 Å². The first kappa shape index (κ1) is 17.2. The minimum atomic E-state index is -2.89. The Morgan fingerprint density at radius 1 is 1.16 bits per heavy atom. The summed E-state index contributed by atoms with van der Waals surface area (Å²) in [6.45, 7) is 9.14. The van der Waals surface area contributed by atoms with E-state index in [2.05, 4.69) is 11.8 Å². The molecule has 0 spiro atoms. The molecule has 0 N–H and O–H groups in total. The first-order valence-corrected chi connectivity index (χ1v) is 9.50. The van der Waals surface area contributed by atoms with E-state index in [1.165, 1.54) is 25.7 Å². The molecule has 0 aromatic heterocycles. The van der Waals surface area contributed by atoms with Crippen LogP contribution in [0.2, 0.25) is 0 Å². The Labute approximate surface area is 118 Å². The maximum Gasteiger partial charge on any atom is 0.332 e. The van der Waals surface area contributed by atoms with Crippen LogP contribution < -0.4 is 0 Å². The topological polar surface area (TPSA) is 38.8 Å². The molecule has 19 heavy (non-hydrogen) atoms. The van der Waals surface area contributed by atoms with Gasteiger partial charge in [0, 0.05) is 6.04 Å². The van der Waals surface area contributed by atoms with Crippen molar-refractivity contribution in [3.8, 4) is 0 Å². The molecule has 0 amide bonds. The lowest BCUT2D eigenvalue weighted by Crippen LogP contribution is -2.33. The molecule has 0 aromatic carbocycles. The van der Waals surface area contributed by atoms with Crippen LogP contribution in [-0.4, -0.2) is 43.4 Å². The van der Waals surface area contributed by atoms with E-state index in [0.29, 0.717) is 25.4 Å². The number of likely N-dealkylation sites (tertiary alicyclic amines) is 1. The standard InChI is InChI=1S/C14H30NO3P/c1-4-7-8-11-15-12-9-10-14(15)13-19(16,17-5-2)18-6-3/h14H,4-13H2,1-3H3. The van der Waals surface area contributed by atoms with Crippen LogP contribution in [0, 0.1) is 0 Å². The third-order valence-corrected chi connectivity index (χ3v) is 5.81. The molecule has 114 valence electrons. The second-order valence-electron chi connectivity index (χ2n) is 5.17. The monoisotopic (exact) mass is 291 g/mol. The third kappa shape index (κ3) is 5.95. The van der Waals surface area contributed by atoms with Crippen LogP contribution in [0.3, 0.4) is 0 Å². The third-order valence-electron chi connectivity index (χ3n) is 3.63. The summed E-state index contributed by atoms with van der Waals surface area (Å²) < 4.78 is 23.4. The lowest BCUT2D eigenvalue weighted by molar-refractivity contribution is 0.202. The molecule has 4 nitrogen and oxygen atoms in total. The summed E-state index contributed by atoms with van der Waals surface area (Å²) in [6.07, 6.45) is 6.64. The smallest absolute Gasteiger partial charge is 0.309 e. The zero-order valence-electron chi connectivity index (χ0n) is 12.8. The lowest BCUT2D eigenvalue weighted by Gasteiger charge is -2.27. The van der Waals surface area contributed by atoms with Gasteiger partial charge in [0.15, 0.2) is 0 Å². The number of unbranched alkanes of at least 4 members (excludes halogenated alkanes) is 2. The minimum absolute atomic E-state index is 0.376. The Balaban J connectivity index is 2.49. The van der Waals surface area contributed by atoms with Gasteiger partial charge >= 0.3 is 7.60 Å². The largest absolute Gasteiger partial charge is 0.332 e. The van der Waals surface area contributed by atoms with Gasteiger partial charge in [-0.2, -0.15) is 0 Å². The molecule has 1 saturated heterocycles. The van der Waals surface area contributed by atoms with E-state index in [0.717, 1.165) is 19.5 Å². The molecule has 5 heteroatoms. The molecule has 0 radical (unpaired) electrons. The molecule has 1 unspecified atom stereocenters. The van der Waals surface area contributed by atoms with Gasteiger partial charge in [-0.1, -0.05) is 19.8 Å². The normalized spacial score (nSPS) is 21.1. The molecule has 1 atom stereocenters. The summed E-state index contributed by atoms with van der Waals surface area (Å²) in [4.78, 5) is 2.47. The van der Waals surface area contributed by atoms with Crippen molar-refractivity contribution in [2.45, 2.75) is 58.9 Å². The van der Waals surface area contributed by atoms with Gasteiger partial charge in [-0.25, -0.2) is 0 Å². The van der Waals surface area contributed by atoms with Crippen LogP contribution in [0.1, 0.15) is 52.9 Å². The fourth-order valence-corrected chi connectivity index (χ4v) is 4.76. The van der Waals surface area contributed by atoms with Gasteiger partial charge in [-0.15, -0.1) is 0 Å². The first-order chi connectivity index (χ1) is 9.15. The van der Waals surface area contributed by atoms with Crippen LogP contribution >= 0.6 is 7.60 Å². The molecule has 1 heterocycles. The van der Waals surface area contributed by atoms with Crippen molar-refractivity contribution in [1.82, 2.24) is 4.90 Å². The zero-order chi connectivity index (χ0) is 14.1. The fourth-order valence-electron chi connectivity index (χ4n) is 2.76. The molecular formula is C14H30NO3P. The van der Waals surface area contributed by atoms with Gasteiger partial charge in [-0.3, -0.25) is 9.46 Å². The van der Waals surface area contributed by atoms with E-state index in [4.69, 9.17) is 9.05 Å². The van der Waals surface area contributed by atoms with Gasteiger partial charge in [0.2, 0.25) is 0 Å². The number of nitrogens with zero attached hydrogens (tertiary/aromatic N) is 1. The Hall–Kier alpha value is 0.110. The predicted molar refractivity (Wildman–Crippen MR) is 79.8 cm³/mol. The minimum Gasteiger partial charge on any atom is -0.309 e. The molecule has 1 aliphatic heterocycles. The van der Waals surface area contributed by atoms with Gasteiger partial charge in [-0.05, 0) is 46.2 Å². The first-order valence-electron chi connectivity index (χ1n) is 7.77. The molecule has 0 saturated carbocycles. The van der Waals surface area contributed by atoms with Crippen LogP contribution in [0.15, 0.2) is 0 Å². The van der Waals surface area contributed by atoms with Crippen LogP contribution in [0.5, 0.6) is 0 Å². The molecule has 0 aliphatic carbocycles. The van der Waals surface area contributed by atoms with Crippen molar-refractivity contribution < 1.29 is 13.6 Å². The molecule has 1 fully saturated rings. The van der Waals surface area contributed by atoms with Crippen molar-refractivity contribution >= 4 is 7.60 Å². The molecule has 0 aromatic rings. The lowest BCUT2D eigenvalue weighted by atomic mass is 10.2. The van der Waals surface area contributed by atoms with Crippen molar-refractivity contribution in [2.75, 3.05) is 32.5 Å². The number of hydrogen-bond acceptors (Lipinski definition) is 4. The number of hydrogen-bond donors (Lipinski definition) is 0. The Morgan fingerprint density at radius 3 is 2.42 bits per heavy atom. The molecular weight excluding hydrogens is 261 g/mol. The van der Waals surface area contributed by atoms with E-state index in [1.54, 1.807) is 0 Å². The summed E-state index contributed by atoms with van der Waals surface area (Å²) in [7, 11) is -2.89. The highest BCUT2D eigenvalue weighted by Gasteiger charge is 2.33. The van der Waals surface area contributed by atoms with Crippen molar-refractivity contribution in [2.24, 2.45) is 0 Å². The quantitative estimate of drug-likeness (QED) is 0.452. The van der Waals surface area contributed by atoms with E-state index >= 15 is 0 Å². The number of rotatable bonds is 10. The van der Waals surface area contributed by atoms with Gasteiger partial charge < -0.3 is 9.05 Å². The average Bonchev–Trinajstić information content (AvgIpc) is 2.77. The maximum absolute atomic E-state index is 12.6. The van der Waals surface area contributed by atoms with E-state index in [-0.39, 0.29) is 0 Å². The van der Waals surface area contributed by atoms with Crippen LogP contribution in [-0.2, 0) is 13.6 Å². The second kappa shape index (κ2) is 9.12. The van der Waals surface area contributed by atoms with Gasteiger partial charge in [0.1, 0.15) is 0 Å². The second-order valence-corrected chi connectivity index (χ2v) is 7.27. The molecule has 1 aliphatic rings. The van der Waals surface area contributed by atoms with Crippen LogP contribution in [0.25, 0.3) is 0 Å². The fraction of sp³-hybridized carbons (Fsp3) is 1.00. The van der Waals surface area contributed by atoms with Crippen LogP contribution in [0.4, 0.5) is 0 Å². The van der Waals surface area contributed by atoms with Crippen molar-refractivity contribution in [1.29, 1.82) is 0 Å². The SMILES string of the molecule is CCCCCN1CCCC1CP(=O)(OCC)OCC. The summed E-state index contributed by atoms with van der Waals surface area (Å²) in [5.41, 5.74) is 0. The maximum atomic E-state index is 12.6. The Bertz CT molecular complexity index is 276. The summed E-state index contributed by atoms with van der Waals surface area (Å²) in [5.74, 6) is 0. The summed E-state index contributed by atoms with van der Waals surface area (Å²) in [6, 6.07) is 0.376. The summed E-state index contributed by atoms with van der Waals surface area (Å²) >= 11 is 0. The molecule has 1 rings (SSSR count). The highest BCUT2D eigenvalue weighted by molar-refractivity contribution is 7.53. The van der Waals surface area contributed by atoms with E-state index in [1.807, 2.05) is 13.8 Å². The van der Waals surface area contributed by atoms with Crippen molar-refractivity contribution in [3.05, 3.63) is 0 Å². The highest BCUT2D eigenvalue weighted by Crippen LogP contribution is 2.50.